The van der Waals surface area contributed by atoms with Crippen molar-refractivity contribution in [1.82, 2.24) is 30.0 Å². The van der Waals surface area contributed by atoms with Gasteiger partial charge in [-0.15, -0.1) is 0 Å². The number of hydrogen-bond donors (Lipinski definition) is 3. The number of benzene rings is 1. The van der Waals surface area contributed by atoms with Gasteiger partial charge in [0.25, 0.3) is 11.8 Å². The molecule has 2 aliphatic heterocycles. The Balaban J connectivity index is 1.39. The average molecular weight is 587 g/mol. The molecular weight excluding hydrogens is 548 g/mol. The largest absolute Gasteiger partial charge is 0.359 e. The molecule has 3 N–H and O–H groups in total. The molecule has 43 heavy (non-hydrogen) atoms. The number of carbonyl (C=O) groups excluding carboxylic acids is 4. The lowest BCUT2D eigenvalue weighted by molar-refractivity contribution is -0.140. The van der Waals surface area contributed by atoms with Gasteiger partial charge in [0.15, 0.2) is 0 Å². The summed E-state index contributed by atoms with van der Waals surface area (Å²) in [5, 5.41) is 7.03. The number of aryl methyl sites for hydroxylation is 1. The minimum Gasteiger partial charge on any atom is -0.359 e. The zero-order valence-electron chi connectivity index (χ0n) is 24.9. The number of nitrogens with zero attached hydrogens (tertiary/aromatic N) is 5. The lowest BCUT2D eigenvalue weighted by Crippen LogP contribution is -2.45. The van der Waals surface area contributed by atoms with Crippen LogP contribution in [0.1, 0.15) is 58.6 Å². The predicted molar refractivity (Wildman–Crippen MR) is 164 cm³/mol. The lowest BCUT2D eigenvalue weighted by atomic mass is 10.1. The van der Waals surface area contributed by atoms with Crippen LogP contribution in [0.3, 0.4) is 0 Å². The van der Waals surface area contributed by atoms with Crippen LogP contribution in [-0.2, 0) is 9.59 Å². The van der Waals surface area contributed by atoms with Crippen LogP contribution >= 0.6 is 0 Å². The summed E-state index contributed by atoms with van der Waals surface area (Å²) >= 11 is 0. The quantitative estimate of drug-likeness (QED) is 0.300. The van der Waals surface area contributed by atoms with Gasteiger partial charge in [0, 0.05) is 56.8 Å². The number of anilines is 1. The number of hydrogen-bond acceptors (Lipinski definition) is 6. The molecule has 0 bridgehead atoms. The molecule has 4 amide bonds. The zero-order valence-corrected chi connectivity index (χ0v) is 24.9. The highest BCUT2D eigenvalue weighted by Gasteiger charge is 2.30. The van der Waals surface area contributed by atoms with Crippen LogP contribution in [-0.4, -0.2) is 101 Å². The van der Waals surface area contributed by atoms with E-state index >= 15 is 0 Å². The first-order valence-electron chi connectivity index (χ1n) is 14.7. The van der Waals surface area contributed by atoms with Gasteiger partial charge in [0.2, 0.25) is 17.8 Å². The van der Waals surface area contributed by atoms with E-state index in [4.69, 9.17) is 4.99 Å². The summed E-state index contributed by atoms with van der Waals surface area (Å²) in [7, 11) is 3.26. The molecule has 2 fully saturated rings. The van der Waals surface area contributed by atoms with Gasteiger partial charge >= 0.3 is 0 Å². The van der Waals surface area contributed by atoms with Crippen LogP contribution in [0.15, 0.2) is 47.6 Å². The Morgan fingerprint density at radius 2 is 1.81 bits per heavy atom. The maximum absolute atomic E-state index is 13.6. The molecule has 2 aromatic heterocycles. The van der Waals surface area contributed by atoms with Crippen LogP contribution in [0, 0.1) is 6.92 Å². The van der Waals surface area contributed by atoms with E-state index < -0.39 is 11.9 Å². The molecule has 0 spiro atoms. The second-order valence-electron chi connectivity index (χ2n) is 11.3. The van der Waals surface area contributed by atoms with Gasteiger partial charge in [-0.25, -0.2) is 4.99 Å². The maximum Gasteiger partial charge on any atom is 0.271 e. The van der Waals surface area contributed by atoms with E-state index in [9.17, 15) is 19.2 Å². The summed E-state index contributed by atoms with van der Waals surface area (Å²) in [4.78, 5) is 69.0. The van der Waals surface area contributed by atoms with Crippen molar-refractivity contribution in [1.29, 1.82) is 0 Å². The van der Waals surface area contributed by atoms with Crippen molar-refractivity contribution in [2.75, 3.05) is 45.6 Å². The van der Waals surface area contributed by atoms with Crippen molar-refractivity contribution in [3.05, 3.63) is 59.5 Å². The Morgan fingerprint density at radius 1 is 1.05 bits per heavy atom. The predicted octanol–water partition coefficient (Wildman–Crippen LogP) is 2.77. The maximum atomic E-state index is 13.6. The molecule has 0 aliphatic carbocycles. The van der Waals surface area contributed by atoms with Crippen LogP contribution in [0.25, 0.3) is 10.9 Å². The van der Waals surface area contributed by atoms with Crippen LogP contribution in [0.2, 0.25) is 0 Å². The van der Waals surface area contributed by atoms with Crippen molar-refractivity contribution in [2.24, 2.45) is 4.99 Å². The Hall–Kier alpha value is -4.74. The minimum atomic E-state index is -0.772. The van der Waals surface area contributed by atoms with Crippen LogP contribution in [0.4, 0.5) is 5.69 Å². The summed E-state index contributed by atoms with van der Waals surface area (Å²) in [6.45, 7) is 3.96. The second-order valence-corrected chi connectivity index (χ2v) is 11.3. The smallest absolute Gasteiger partial charge is 0.271 e. The van der Waals surface area contributed by atoms with E-state index in [0.29, 0.717) is 18.7 Å². The van der Waals surface area contributed by atoms with Crippen molar-refractivity contribution in [3.8, 4) is 0 Å². The van der Waals surface area contributed by atoms with E-state index in [1.165, 1.54) is 23.2 Å². The summed E-state index contributed by atoms with van der Waals surface area (Å²) in [5.74, 6) is -0.943. The van der Waals surface area contributed by atoms with Crippen molar-refractivity contribution >= 4 is 46.2 Å². The van der Waals surface area contributed by atoms with Gasteiger partial charge < -0.3 is 25.0 Å². The Bertz CT molecular complexity index is 1540. The van der Waals surface area contributed by atoms with Crippen molar-refractivity contribution < 1.29 is 19.2 Å². The Kier molecular flexibility index (Phi) is 9.03. The molecule has 1 unspecified atom stereocenters. The third-order valence-corrected chi connectivity index (χ3v) is 7.72. The van der Waals surface area contributed by atoms with Gasteiger partial charge in [-0.3, -0.25) is 29.5 Å². The van der Waals surface area contributed by atoms with E-state index in [0.717, 1.165) is 55.4 Å². The Morgan fingerprint density at radius 3 is 2.53 bits per heavy atom. The van der Waals surface area contributed by atoms with E-state index in [1.54, 1.807) is 19.0 Å². The van der Waals surface area contributed by atoms with Crippen molar-refractivity contribution in [2.45, 2.75) is 45.1 Å². The van der Waals surface area contributed by atoms with Gasteiger partial charge in [0.05, 0.1) is 12.1 Å². The van der Waals surface area contributed by atoms with Gasteiger partial charge in [-0.05, 0) is 74.7 Å². The third-order valence-electron chi connectivity index (χ3n) is 7.72. The summed E-state index contributed by atoms with van der Waals surface area (Å²) in [6, 6.07) is 10.0. The molecule has 1 atom stereocenters. The van der Waals surface area contributed by atoms with E-state index in [-0.39, 0.29) is 41.5 Å². The van der Waals surface area contributed by atoms with Gasteiger partial charge in [-0.2, -0.15) is 0 Å². The first kappa shape index (κ1) is 29.7. The highest BCUT2D eigenvalue weighted by atomic mass is 16.2. The first-order valence-corrected chi connectivity index (χ1v) is 14.7. The van der Waals surface area contributed by atoms with Gasteiger partial charge in [0.1, 0.15) is 11.7 Å². The number of aromatic nitrogens is 2. The summed E-state index contributed by atoms with van der Waals surface area (Å²) in [5.41, 5.74) is 3.04. The number of guanidine groups is 1. The monoisotopic (exact) mass is 586 g/mol. The summed E-state index contributed by atoms with van der Waals surface area (Å²) < 4.78 is 0. The molecular formula is C31H38N8O4. The standard InChI is InChI=1S/C31H38N8O4/c1-20-16-21-9-11-23(17-26(21)33-20)34-31(36-28(41)22-10-12-24(32-18-22)29(42)37(2)3)35-25-8-4-5-15-39(30(25)43)19-27(40)38-13-6-7-14-38/h9-12,16-18,25,33H,4-8,13-15,19H2,1-3H3,(H2,34,35,36,41). The number of H-pyrrole nitrogens is 1. The SMILES string of the molecule is Cc1cc2ccc(NC(=NC3CCCCN(CC(=O)N4CCCC4)C3=O)NC(=O)c3ccc(C(=O)N(C)C)nc3)cc2[nH]1. The molecule has 12 heteroatoms. The molecule has 2 aliphatic rings. The Labute approximate surface area is 250 Å². The minimum absolute atomic E-state index is 0.0342. The normalized spacial score (nSPS) is 17.6. The third kappa shape index (κ3) is 7.19. The van der Waals surface area contributed by atoms with E-state index in [1.807, 2.05) is 36.1 Å². The van der Waals surface area contributed by atoms with E-state index in [2.05, 4.69) is 20.6 Å². The molecule has 226 valence electrons. The number of amides is 4. The highest BCUT2D eigenvalue weighted by molar-refractivity contribution is 6.11. The fraction of sp³-hybridized carbons (Fsp3) is 0.419. The number of likely N-dealkylation sites (tertiary alicyclic amines) is 2. The zero-order chi connectivity index (χ0) is 30.5. The van der Waals surface area contributed by atoms with Crippen LogP contribution in [0.5, 0.6) is 0 Å². The molecule has 3 aromatic rings. The average Bonchev–Trinajstić information content (AvgIpc) is 3.63. The molecule has 5 rings (SSSR count). The topological polar surface area (TPSA) is 143 Å². The molecule has 4 heterocycles. The fourth-order valence-corrected chi connectivity index (χ4v) is 5.39. The number of carbonyl (C=O) groups is 4. The second kappa shape index (κ2) is 13.1. The number of aliphatic imine (C=N–C) groups is 1. The van der Waals surface area contributed by atoms with Crippen LogP contribution < -0.4 is 10.6 Å². The first-order chi connectivity index (χ1) is 20.7. The molecule has 1 aromatic carbocycles. The molecule has 2 saturated heterocycles. The number of pyridine rings is 1. The lowest BCUT2D eigenvalue weighted by Gasteiger charge is -2.25. The number of aromatic amines is 1. The fourth-order valence-electron chi connectivity index (χ4n) is 5.39. The number of fused-ring (bicyclic) bond motifs is 1. The highest BCUT2D eigenvalue weighted by Crippen LogP contribution is 2.21. The molecule has 0 radical (unpaired) electrons. The number of rotatable bonds is 6. The molecule has 12 nitrogen and oxygen atoms in total. The van der Waals surface area contributed by atoms with Gasteiger partial charge in [-0.1, -0.05) is 6.07 Å². The summed E-state index contributed by atoms with van der Waals surface area (Å²) in [6.07, 6.45) is 5.33. The number of nitrogens with one attached hydrogen (secondary N) is 3. The molecule has 0 saturated carbocycles. The van der Waals surface area contributed by atoms with Crippen molar-refractivity contribution in [3.63, 3.8) is 0 Å².